The van der Waals surface area contributed by atoms with Crippen molar-refractivity contribution in [2.24, 2.45) is 4.99 Å². The molecule has 102 valence electrons. The molecule has 0 aromatic heterocycles. The van der Waals surface area contributed by atoms with Gasteiger partial charge in [-0.2, -0.15) is 0 Å². The van der Waals surface area contributed by atoms with E-state index in [0.717, 1.165) is 6.54 Å². The van der Waals surface area contributed by atoms with Crippen LogP contribution >= 0.6 is 0 Å². The Morgan fingerprint density at radius 3 is 2.47 bits per heavy atom. The van der Waals surface area contributed by atoms with Crippen molar-refractivity contribution in [2.75, 3.05) is 32.6 Å². The molecule has 0 saturated heterocycles. The van der Waals surface area contributed by atoms with Crippen LogP contribution in [0.5, 0.6) is 11.5 Å². The van der Waals surface area contributed by atoms with E-state index in [1.807, 2.05) is 0 Å². The molecule has 3 N–H and O–H groups in total. The van der Waals surface area contributed by atoms with Gasteiger partial charge in [-0.25, -0.2) is 4.79 Å². The highest BCUT2D eigenvalue weighted by Crippen LogP contribution is 2.33. The fourth-order valence-corrected chi connectivity index (χ4v) is 1.71. The van der Waals surface area contributed by atoms with E-state index in [4.69, 9.17) is 9.47 Å². The van der Waals surface area contributed by atoms with Crippen LogP contribution in [0, 0.1) is 0 Å². The lowest BCUT2D eigenvalue weighted by molar-refractivity contribution is 0.255. The number of amides is 2. The summed E-state index contributed by atoms with van der Waals surface area (Å²) in [6.45, 7) is 1.39. The van der Waals surface area contributed by atoms with Crippen LogP contribution in [-0.4, -0.2) is 39.3 Å². The van der Waals surface area contributed by atoms with Crippen LogP contribution in [0.4, 0.5) is 10.5 Å². The second-order valence-corrected chi connectivity index (χ2v) is 3.77. The quantitative estimate of drug-likeness (QED) is 0.753. The molecule has 0 aliphatic carbocycles. The molecule has 0 radical (unpaired) electrons. The lowest BCUT2D eigenvalue weighted by Crippen LogP contribution is -2.40. The number of nitrogens with zero attached hydrogens (tertiary/aromatic N) is 1. The Morgan fingerprint density at radius 2 is 1.95 bits per heavy atom. The summed E-state index contributed by atoms with van der Waals surface area (Å²) < 4.78 is 10.4. The molecule has 1 aliphatic heterocycles. The van der Waals surface area contributed by atoms with Crippen LogP contribution in [0.25, 0.3) is 0 Å². The van der Waals surface area contributed by atoms with Gasteiger partial charge in [-0.05, 0) is 12.1 Å². The molecule has 0 saturated carbocycles. The van der Waals surface area contributed by atoms with E-state index in [0.29, 0.717) is 29.7 Å². The van der Waals surface area contributed by atoms with Gasteiger partial charge in [0, 0.05) is 6.54 Å². The van der Waals surface area contributed by atoms with Crippen LogP contribution in [0.1, 0.15) is 0 Å². The van der Waals surface area contributed by atoms with Crippen molar-refractivity contribution in [1.29, 1.82) is 0 Å². The van der Waals surface area contributed by atoms with E-state index in [1.54, 1.807) is 18.2 Å². The normalized spacial score (nSPS) is 13.3. The third-order valence-electron chi connectivity index (χ3n) is 2.57. The molecule has 19 heavy (non-hydrogen) atoms. The van der Waals surface area contributed by atoms with Crippen molar-refractivity contribution in [2.45, 2.75) is 0 Å². The first-order valence-electron chi connectivity index (χ1n) is 5.82. The summed E-state index contributed by atoms with van der Waals surface area (Å²) in [5.41, 5.74) is 0.476. The second kappa shape index (κ2) is 5.94. The lowest BCUT2D eigenvalue weighted by atomic mass is 10.2. The highest BCUT2D eigenvalue weighted by atomic mass is 16.5. The highest BCUT2D eigenvalue weighted by Gasteiger charge is 2.15. The topological polar surface area (TPSA) is 84.0 Å². The third-order valence-corrected chi connectivity index (χ3v) is 2.57. The Hall–Kier alpha value is -2.44. The molecule has 7 heteroatoms. The lowest BCUT2D eigenvalue weighted by Gasteiger charge is -2.14. The highest BCUT2D eigenvalue weighted by molar-refractivity contribution is 6.04. The van der Waals surface area contributed by atoms with Gasteiger partial charge in [0.05, 0.1) is 20.8 Å². The molecule has 1 heterocycles. The number of ether oxygens (including phenoxy) is 2. The minimum absolute atomic E-state index is 0.407. The molecular formula is C12H16N4O3. The molecule has 1 aromatic carbocycles. The summed E-state index contributed by atoms with van der Waals surface area (Å²) in [4.78, 5) is 15.9. The zero-order valence-corrected chi connectivity index (χ0v) is 10.8. The van der Waals surface area contributed by atoms with Gasteiger partial charge in [-0.15, -0.1) is 0 Å². The number of benzene rings is 1. The largest absolute Gasteiger partial charge is 0.494 e. The molecule has 0 fully saturated rings. The SMILES string of the molecule is COc1cccc(OC)c1NC(=O)NC1=NCCN1. The Balaban J connectivity index is 2.10. The van der Waals surface area contributed by atoms with Crippen LogP contribution in [0.15, 0.2) is 23.2 Å². The number of urea groups is 1. The number of hydrogen-bond acceptors (Lipinski definition) is 5. The van der Waals surface area contributed by atoms with Crippen molar-refractivity contribution in [3.05, 3.63) is 18.2 Å². The van der Waals surface area contributed by atoms with Crippen molar-refractivity contribution < 1.29 is 14.3 Å². The van der Waals surface area contributed by atoms with Gasteiger partial charge < -0.3 is 20.1 Å². The van der Waals surface area contributed by atoms with Crippen molar-refractivity contribution in [1.82, 2.24) is 10.6 Å². The predicted octanol–water partition coefficient (Wildman–Crippen LogP) is 0.784. The van der Waals surface area contributed by atoms with E-state index in [9.17, 15) is 4.79 Å². The maximum atomic E-state index is 11.9. The predicted molar refractivity (Wildman–Crippen MR) is 72.0 cm³/mol. The third kappa shape index (κ3) is 3.06. The van der Waals surface area contributed by atoms with Gasteiger partial charge in [0.1, 0.15) is 17.2 Å². The van der Waals surface area contributed by atoms with Crippen molar-refractivity contribution in [3.8, 4) is 11.5 Å². The van der Waals surface area contributed by atoms with E-state index >= 15 is 0 Å². The molecule has 2 amide bonds. The molecular weight excluding hydrogens is 248 g/mol. The summed E-state index contributed by atoms with van der Waals surface area (Å²) in [6.07, 6.45) is 0. The Morgan fingerprint density at radius 1 is 1.26 bits per heavy atom. The van der Waals surface area contributed by atoms with Gasteiger partial charge in [-0.3, -0.25) is 10.3 Å². The Labute approximate surface area is 111 Å². The number of guanidine groups is 1. The number of aliphatic imine (C=N–C) groups is 1. The van der Waals surface area contributed by atoms with Gasteiger partial charge >= 0.3 is 6.03 Å². The summed E-state index contributed by atoms with van der Waals surface area (Å²) in [5.74, 6) is 1.51. The van der Waals surface area contributed by atoms with E-state index in [2.05, 4.69) is 20.9 Å². The standard InChI is InChI=1S/C12H16N4O3/c1-18-8-4-3-5-9(19-2)10(8)15-12(17)16-11-13-6-7-14-11/h3-5H,6-7H2,1-2H3,(H3,13,14,15,16,17). The van der Waals surface area contributed by atoms with E-state index in [-0.39, 0.29) is 0 Å². The molecule has 0 unspecified atom stereocenters. The van der Waals surface area contributed by atoms with Gasteiger partial charge in [0.25, 0.3) is 0 Å². The summed E-state index contributed by atoms with van der Waals surface area (Å²) >= 11 is 0. The molecule has 0 spiro atoms. The van der Waals surface area contributed by atoms with Crippen molar-refractivity contribution in [3.63, 3.8) is 0 Å². The van der Waals surface area contributed by atoms with Crippen molar-refractivity contribution >= 4 is 17.7 Å². The van der Waals surface area contributed by atoms with E-state index < -0.39 is 6.03 Å². The molecule has 0 bridgehead atoms. The van der Waals surface area contributed by atoms with Crippen LogP contribution in [0.3, 0.4) is 0 Å². The Kier molecular flexibility index (Phi) is 4.07. The van der Waals surface area contributed by atoms with Gasteiger partial charge in [0.15, 0.2) is 5.96 Å². The van der Waals surface area contributed by atoms with Crippen LogP contribution in [-0.2, 0) is 0 Å². The zero-order chi connectivity index (χ0) is 13.7. The first-order valence-corrected chi connectivity index (χ1v) is 5.82. The molecule has 1 aliphatic rings. The number of nitrogens with one attached hydrogen (secondary N) is 3. The molecule has 1 aromatic rings. The maximum absolute atomic E-state index is 11.9. The first-order chi connectivity index (χ1) is 9.24. The summed E-state index contributed by atoms with van der Waals surface area (Å²) in [7, 11) is 3.06. The minimum atomic E-state index is -0.407. The fourth-order valence-electron chi connectivity index (χ4n) is 1.71. The average Bonchev–Trinajstić information content (AvgIpc) is 2.91. The zero-order valence-electron chi connectivity index (χ0n) is 10.8. The fraction of sp³-hybridized carbons (Fsp3) is 0.333. The minimum Gasteiger partial charge on any atom is -0.494 e. The Bertz CT molecular complexity index is 479. The monoisotopic (exact) mass is 264 g/mol. The van der Waals surface area contributed by atoms with E-state index in [1.165, 1.54) is 14.2 Å². The number of hydrogen-bond donors (Lipinski definition) is 3. The number of anilines is 1. The maximum Gasteiger partial charge on any atom is 0.326 e. The molecule has 7 nitrogen and oxygen atoms in total. The van der Waals surface area contributed by atoms with Crippen LogP contribution < -0.4 is 25.4 Å². The second-order valence-electron chi connectivity index (χ2n) is 3.77. The van der Waals surface area contributed by atoms with Gasteiger partial charge in [0.2, 0.25) is 0 Å². The summed E-state index contributed by atoms with van der Waals surface area (Å²) in [5, 5.41) is 8.24. The average molecular weight is 264 g/mol. The first kappa shape index (κ1) is 13.0. The number of para-hydroxylation sites is 1. The number of carbonyl (C=O) groups is 1. The molecule has 0 atom stereocenters. The molecule has 2 rings (SSSR count). The van der Waals surface area contributed by atoms with Crippen LogP contribution in [0.2, 0.25) is 0 Å². The van der Waals surface area contributed by atoms with Gasteiger partial charge in [-0.1, -0.05) is 6.07 Å². The smallest absolute Gasteiger partial charge is 0.326 e. The number of methoxy groups -OCH3 is 2. The summed E-state index contributed by atoms with van der Waals surface area (Å²) in [6, 6.07) is 4.85. The number of carbonyl (C=O) groups excluding carboxylic acids is 1. The number of rotatable bonds is 3.